The number of carbonyl (C=O) groups excluding carboxylic acids is 1. The lowest BCUT2D eigenvalue weighted by Gasteiger charge is -2.21. The van der Waals surface area contributed by atoms with E-state index in [1.54, 1.807) is 11.9 Å². The lowest BCUT2D eigenvalue weighted by atomic mass is 9.97. The van der Waals surface area contributed by atoms with Gasteiger partial charge in [0.1, 0.15) is 5.75 Å². The molecule has 0 aromatic heterocycles. The molecule has 0 spiro atoms. The lowest BCUT2D eigenvalue weighted by Crippen LogP contribution is -2.24. The van der Waals surface area contributed by atoms with Gasteiger partial charge >= 0.3 is 0 Å². The minimum atomic E-state index is -0.0848. The van der Waals surface area contributed by atoms with E-state index in [9.17, 15) is 4.79 Å². The van der Waals surface area contributed by atoms with Crippen molar-refractivity contribution >= 4 is 11.6 Å². The molecular weight excluding hydrogens is 300 g/mol. The Balaban J connectivity index is 1.92. The van der Waals surface area contributed by atoms with Crippen molar-refractivity contribution in [3.63, 3.8) is 0 Å². The smallest absolute Gasteiger partial charge is 0.240 e. The zero-order valence-corrected chi connectivity index (χ0v) is 14.3. The third-order valence-electron chi connectivity index (χ3n) is 4.14. The van der Waals surface area contributed by atoms with Crippen molar-refractivity contribution in [1.82, 2.24) is 5.01 Å². The standard InChI is InChI=1S/C20H22N2O2/c1-4-24-18-10-6-9-17(12-18)20-13-19(21-22(20)15(3)23)16-8-5-7-14(2)11-16/h5-12,20H,4,13H2,1-3H3/t20-/m0/s1. The third kappa shape index (κ3) is 3.32. The van der Waals surface area contributed by atoms with Gasteiger partial charge in [-0.15, -0.1) is 0 Å². The molecule has 1 atom stereocenters. The van der Waals surface area contributed by atoms with Gasteiger partial charge in [0.25, 0.3) is 0 Å². The molecule has 0 saturated carbocycles. The summed E-state index contributed by atoms with van der Waals surface area (Å²) in [6.45, 7) is 6.20. The Kier molecular flexibility index (Phi) is 4.65. The average Bonchev–Trinajstić information content (AvgIpc) is 3.01. The Labute approximate surface area is 142 Å². The first-order valence-corrected chi connectivity index (χ1v) is 8.25. The van der Waals surface area contributed by atoms with Crippen molar-refractivity contribution in [1.29, 1.82) is 0 Å². The molecule has 0 saturated heterocycles. The number of hydrogen-bond acceptors (Lipinski definition) is 3. The summed E-state index contributed by atoms with van der Waals surface area (Å²) in [6, 6.07) is 16.1. The van der Waals surface area contributed by atoms with Crippen LogP contribution >= 0.6 is 0 Å². The molecule has 0 N–H and O–H groups in total. The molecule has 1 aliphatic rings. The van der Waals surface area contributed by atoms with Crippen LogP contribution in [0.2, 0.25) is 0 Å². The molecule has 0 fully saturated rings. The van der Waals surface area contributed by atoms with Gasteiger partial charge in [0, 0.05) is 13.3 Å². The van der Waals surface area contributed by atoms with Gasteiger partial charge in [0.2, 0.25) is 5.91 Å². The molecule has 3 rings (SSSR count). The van der Waals surface area contributed by atoms with Gasteiger partial charge in [-0.3, -0.25) is 4.79 Å². The van der Waals surface area contributed by atoms with Crippen LogP contribution in [0.4, 0.5) is 0 Å². The van der Waals surface area contributed by atoms with Crippen LogP contribution in [-0.2, 0) is 4.79 Å². The third-order valence-corrected chi connectivity index (χ3v) is 4.14. The first-order chi connectivity index (χ1) is 11.6. The summed E-state index contributed by atoms with van der Waals surface area (Å²) in [5.41, 5.74) is 4.25. The highest BCUT2D eigenvalue weighted by atomic mass is 16.5. The molecule has 24 heavy (non-hydrogen) atoms. The van der Waals surface area contributed by atoms with E-state index in [1.165, 1.54) is 5.56 Å². The van der Waals surface area contributed by atoms with Crippen molar-refractivity contribution < 1.29 is 9.53 Å². The molecule has 124 valence electrons. The zero-order valence-electron chi connectivity index (χ0n) is 14.3. The maximum absolute atomic E-state index is 12.1. The number of benzene rings is 2. The predicted octanol–water partition coefficient (Wildman–Crippen LogP) is 4.09. The fourth-order valence-corrected chi connectivity index (χ4v) is 3.04. The van der Waals surface area contributed by atoms with Crippen LogP contribution in [0.1, 0.15) is 43.0 Å². The number of carbonyl (C=O) groups is 1. The van der Waals surface area contributed by atoms with E-state index in [1.807, 2.05) is 43.3 Å². The maximum Gasteiger partial charge on any atom is 0.240 e. The minimum Gasteiger partial charge on any atom is -0.494 e. The highest BCUT2D eigenvalue weighted by Gasteiger charge is 2.31. The van der Waals surface area contributed by atoms with Gasteiger partial charge in [-0.2, -0.15) is 5.10 Å². The van der Waals surface area contributed by atoms with E-state index in [4.69, 9.17) is 4.74 Å². The van der Waals surface area contributed by atoms with Crippen molar-refractivity contribution in [3.05, 3.63) is 65.2 Å². The first kappa shape index (κ1) is 16.2. The minimum absolute atomic E-state index is 0.0514. The molecule has 1 heterocycles. The van der Waals surface area contributed by atoms with E-state index in [-0.39, 0.29) is 11.9 Å². The SMILES string of the molecule is CCOc1cccc([C@@H]2CC(c3cccc(C)c3)=NN2C(C)=O)c1. The second-order valence-corrected chi connectivity index (χ2v) is 6.01. The summed E-state index contributed by atoms with van der Waals surface area (Å²) >= 11 is 0. The second kappa shape index (κ2) is 6.87. The molecule has 4 nitrogen and oxygen atoms in total. The molecule has 4 heteroatoms. The Morgan fingerprint density at radius 2 is 2.04 bits per heavy atom. The molecular formula is C20H22N2O2. The number of aryl methyl sites for hydroxylation is 1. The Bertz CT molecular complexity index is 783. The van der Waals surface area contributed by atoms with E-state index in [0.717, 1.165) is 22.6 Å². The molecule has 2 aromatic rings. The Morgan fingerprint density at radius 3 is 2.75 bits per heavy atom. The van der Waals surface area contributed by atoms with Gasteiger partial charge in [-0.05, 0) is 37.1 Å². The fraction of sp³-hybridized carbons (Fsp3) is 0.300. The molecule has 0 radical (unpaired) electrons. The number of hydrogen-bond donors (Lipinski definition) is 0. The van der Waals surface area contributed by atoms with Gasteiger partial charge in [0.15, 0.2) is 0 Å². The van der Waals surface area contributed by atoms with E-state index < -0.39 is 0 Å². The largest absolute Gasteiger partial charge is 0.494 e. The van der Waals surface area contributed by atoms with E-state index in [2.05, 4.69) is 24.2 Å². The number of hydrazone groups is 1. The van der Waals surface area contributed by atoms with Crippen LogP contribution in [0.25, 0.3) is 0 Å². The van der Waals surface area contributed by atoms with Gasteiger partial charge < -0.3 is 4.74 Å². The van der Waals surface area contributed by atoms with Gasteiger partial charge in [0.05, 0.1) is 18.4 Å². The number of ether oxygens (including phenoxy) is 1. The first-order valence-electron chi connectivity index (χ1n) is 8.25. The topological polar surface area (TPSA) is 41.9 Å². The van der Waals surface area contributed by atoms with Crippen molar-refractivity contribution in [2.45, 2.75) is 33.2 Å². The van der Waals surface area contributed by atoms with Crippen LogP contribution in [0.3, 0.4) is 0 Å². The van der Waals surface area contributed by atoms with Crippen molar-refractivity contribution in [2.24, 2.45) is 5.10 Å². The summed E-state index contributed by atoms with van der Waals surface area (Å²) in [5.74, 6) is 0.770. The van der Waals surface area contributed by atoms with Crippen LogP contribution in [0.5, 0.6) is 5.75 Å². The second-order valence-electron chi connectivity index (χ2n) is 6.01. The Morgan fingerprint density at radius 1 is 1.25 bits per heavy atom. The Hall–Kier alpha value is -2.62. The number of rotatable bonds is 4. The lowest BCUT2D eigenvalue weighted by molar-refractivity contribution is -0.130. The predicted molar refractivity (Wildman–Crippen MR) is 95.2 cm³/mol. The summed E-state index contributed by atoms with van der Waals surface area (Å²) in [6.07, 6.45) is 0.707. The highest BCUT2D eigenvalue weighted by Crippen LogP contribution is 2.34. The molecule has 2 aromatic carbocycles. The van der Waals surface area contributed by atoms with E-state index >= 15 is 0 Å². The number of nitrogens with zero attached hydrogens (tertiary/aromatic N) is 2. The summed E-state index contributed by atoms with van der Waals surface area (Å²) in [5, 5.41) is 6.18. The molecule has 1 aliphatic heterocycles. The highest BCUT2D eigenvalue weighted by molar-refractivity contribution is 6.03. The van der Waals surface area contributed by atoms with Gasteiger partial charge in [-0.25, -0.2) is 5.01 Å². The summed E-state index contributed by atoms with van der Waals surface area (Å²) in [4.78, 5) is 12.1. The van der Waals surface area contributed by atoms with Crippen LogP contribution < -0.4 is 4.74 Å². The zero-order chi connectivity index (χ0) is 17.1. The molecule has 0 bridgehead atoms. The average molecular weight is 322 g/mol. The van der Waals surface area contributed by atoms with Crippen molar-refractivity contribution in [2.75, 3.05) is 6.61 Å². The molecule has 1 amide bonds. The molecule has 0 unspecified atom stereocenters. The quantitative estimate of drug-likeness (QED) is 0.851. The normalized spacial score (nSPS) is 16.9. The van der Waals surface area contributed by atoms with Crippen LogP contribution in [0.15, 0.2) is 53.6 Å². The van der Waals surface area contributed by atoms with Crippen LogP contribution in [-0.4, -0.2) is 23.2 Å². The maximum atomic E-state index is 12.1. The summed E-state index contributed by atoms with van der Waals surface area (Å²) in [7, 11) is 0. The fourth-order valence-electron chi connectivity index (χ4n) is 3.04. The molecule has 0 aliphatic carbocycles. The van der Waals surface area contributed by atoms with Crippen LogP contribution in [0, 0.1) is 6.92 Å². The van der Waals surface area contributed by atoms with E-state index in [0.29, 0.717) is 13.0 Å². The van der Waals surface area contributed by atoms with Crippen molar-refractivity contribution in [3.8, 4) is 5.75 Å². The summed E-state index contributed by atoms with van der Waals surface area (Å²) < 4.78 is 5.59. The monoisotopic (exact) mass is 322 g/mol. The van der Waals surface area contributed by atoms with Gasteiger partial charge in [-0.1, -0.05) is 42.0 Å². The number of amides is 1.